The van der Waals surface area contributed by atoms with Gasteiger partial charge in [0.15, 0.2) is 16.7 Å². The lowest BCUT2D eigenvalue weighted by atomic mass is 10.2. The minimum absolute atomic E-state index is 0.0176. The van der Waals surface area contributed by atoms with E-state index in [0.29, 0.717) is 34.1 Å². The highest BCUT2D eigenvalue weighted by atomic mass is 32.2. The molecule has 0 fully saturated rings. The zero-order valence-corrected chi connectivity index (χ0v) is 18.6. The molecular weight excluding hydrogens is 414 g/mol. The molecule has 31 heavy (non-hydrogen) atoms. The first-order valence-corrected chi connectivity index (χ1v) is 11.2. The van der Waals surface area contributed by atoms with E-state index < -0.39 is 5.25 Å². The predicted octanol–water partition coefficient (Wildman–Crippen LogP) is 3.89. The number of carbonyl (C=O) groups excluding carboxylic acids is 1. The van der Waals surface area contributed by atoms with Crippen LogP contribution in [0.2, 0.25) is 0 Å². The molecule has 2 atom stereocenters. The SMILES string of the molecule is CC[C@@H](C)n1c(S[C@H](C)C(=O)NCc2ccc3c(c2)OCO3)nc2ccccc2c1=O. The molecule has 0 radical (unpaired) electrons. The summed E-state index contributed by atoms with van der Waals surface area (Å²) in [4.78, 5) is 30.5. The third-order valence-electron chi connectivity index (χ3n) is 5.36. The molecule has 0 spiro atoms. The molecule has 1 amide bonds. The lowest BCUT2D eigenvalue weighted by Gasteiger charge is -2.20. The van der Waals surface area contributed by atoms with Crippen LogP contribution >= 0.6 is 11.8 Å². The summed E-state index contributed by atoms with van der Waals surface area (Å²) in [7, 11) is 0. The van der Waals surface area contributed by atoms with Gasteiger partial charge in [0.05, 0.1) is 16.2 Å². The molecule has 1 aliphatic heterocycles. The largest absolute Gasteiger partial charge is 0.454 e. The standard InChI is InChI=1S/C23H25N3O4S/c1-4-14(2)26-22(28)17-7-5-6-8-18(17)25-23(26)31-15(3)21(27)24-12-16-9-10-19-20(11-16)30-13-29-19/h5-11,14-15H,4,12-13H2,1-3H3,(H,24,27)/t14-,15-/m1/s1. The Morgan fingerprint density at radius 2 is 1.97 bits per heavy atom. The van der Waals surface area contributed by atoms with Crippen molar-refractivity contribution in [2.75, 3.05) is 6.79 Å². The first-order valence-electron chi connectivity index (χ1n) is 10.3. The van der Waals surface area contributed by atoms with E-state index in [4.69, 9.17) is 14.5 Å². The van der Waals surface area contributed by atoms with Crippen molar-refractivity contribution in [2.45, 2.75) is 50.2 Å². The van der Waals surface area contributed by atoms with Crippen molar-refractivity contribution >= 4 is 28.6 Å². The molecule has 1 aliphatic rings. The van der Waals surface area contributed by atoms with Gasteiger partial charge in [-0.1, -0.05) is 36.9 Å². The minimum atomic E-state index is -0.419. The Morgan fingerprint density at radius 1 is 1.19 bits per heavy atom. The van der Waals surface area contributed by atoms with Gasteiger partial charge in [-0.2, -0.15) is 0 Å². The van der Waals surface area contributed by atoms with Gasteiger partial charge in [0.1, 0.15) is 0 Å². The summed E-state index contributed by atoms with van der Waals surface area (Å²) < 4.78 is 12.4. The molecule has 0 saturated carbocycles. The fourth-order valence-corrected chi connectivity index (χ4v) is 4.41. The molecule has 4 rings (SSSR count). The van der Waals surface area contributed by atoms with Gasteiger partial charge in [0.2, 0.25) is 12.7 Å². The summed E-state index contributed by atoms with van der Waals surface area (Å²) in [6.07, 6.45) is 0.790. The van der Waals surface area contributed by atoms with Gasteiger partial charge in [-0.25, -0.2) is 4.98 Å². The molecule has 1 aromatic heterocycles. The maximum absolute atomic E-state index is 13.1. The van der Waals surface area contributed by atoms with Crippen molar-refractivity contribution in [2.24, 2.45) is 0 Å². The van der Waals surface area contributed by atoms with E-state index in [-0.39, 0.29) is 24.3 Å². The first-order chi connectivity index (χ1) is 15.0. The number of aromatic nitrogens is 2. The van der Waals surface area contributed by atoms with E-state index in [2.05, 4.69) is 5.32 Å². The van der Waals surface area contributed by atoms with Crippen molar-refractivity contribution in [1.82, 2.24) is 14.9 Å². The number of hydrogen-bond acceptors (Lipinski definition) is 6. The number of carbonyl (C=O) groups is 1. The van der Waals surface area contributed by atoms with Crippen LogP contribution in [0.4, 0.5) is 0 Å². The predicted molar refractivity (Wildman–Crippen MR) is 121 cm³/mol. The Hall–Kier alpha value is -3.00. The molecule has 3 aromatic rings. The van der Waals surface area contributed by atoms with Crippen molar-refractivity contribution in [3.05, 3.63) is 58.4 Å². The van der Waals surface area contributed by atoms with Gasteiger partial charge >= 0.3 is 0 Å². The number of fused-ring (bicyclic) bond motifs is 2. The number of thioether (sulfide) groups is 1. The van der Waals surface area contributed by atoms with Crippen LogP contribution in [-0.2, 0) is 11.3 Å². The van der Waals surface area contributed by atoms with Gasteiger partial charge in [-0.15, -0.1) is 0 Å². The van der Waals surface area contributed by atoms with Crippen LogP contribution in [0.1, 0.15) is 38.8 Å². The van der Waals surface area contributed by atoms with Crippen LogP contribution in [0.25, 0.3) is 10.9 Å². The lowest BCUT2D eigenvalue weighted by Crippen LogP contribution is -2.32. The van der Waals surface area contributed by atoms with Gasteiger partial charge < -0.3 is 14.8 Å². The Labute approximate surface area is 184 Å². The monoisotopic (exact) mass is 439 g/mol. The quantitative estimate of drug-likeness (QED) is 0.444. The average Bonchev–Trinajstić information content (AvgIpc) is 3.25. The fourth-order valence-electron chi connectivity index (χ4n) is 3.38. The Morgan fingerprint density at radius 3 is 2.77 bits per heavy atom. The molecule has 1 N–H and O–H groups in total. The molecule has 2 heterocycles. The number of nitrogens with one attached hydrogen (secondary N) is 1. The molecule has 0 saturated heterocycles. The smallest absolute Gasteiger partial charge is 0.262 e. The van der Waals surface area contributed by atoms with E-state index in [1.165, 1.54) is 11.8 Å². The summed E-state index contributed by atoms with van der Waals surface area (Å²) >= 11 is 1.30. The van der Waals surface area contributed by atoms with Gasteiger partial charge in [-0.05, 0) is 50.1 Å². The second-order valence-corrected chi connectivity index (χ2v) is 8.82. The Balaban J connectivity index is 1.51. The van der Waals surface area contributed by atoms with Crippen LogP contribution < -0.4 is 20.3 Å². The summed E-state index contributed by atoms with van der Waals surface area (Å²) in [6, 6.07) is 12.9. The molecule has 0 bridgehead atoms. The average molecular weight is 440 g/mol. The molecule has 2 aromatic carbocycles. The number of ether oxygens (including phenoxy) is 2. The van der Waals surface area contributed by atoms with E-state index in [9.17, 15) is 9.59 Å². The number of rotatable bonds is 7. The summed E-state index contributed by atoms with van der Waals surface area (Å²) in [5.74, 6) is 1.28. The molecule has 162 valence electrons. The van der Waals surface area contributed by atoms with Crippen LogP contribution in [0.5, 0.6) is 11.5 Å². The third-order valence-corrected chi connectivity index (χ3v) is 6.43. The van der Waals surface area contributed by atoms with Crippen molar-refractivity contribution < 1.29 is 14.3 Å². The highest BCUT2D eigenvalue weighted by molar-refractivity contribution is 8.00. The second kappa shape index (κ2) is 9.01. The molecule has 8 heteroatoms. The zero-order chi connectivity index (χ0) is 22.0. The van der Waals surface area contributed by atoms with Crippen molar-refractivity contribution in [3.8, 4) is 11.5 Å². The molecule has 7 nitrogen and oxygen atoms in total. The van der Waals surface area contributed by atoms with E-state index >= 15 is 0 Å². The minimum Gasteiger partial charge on any atom is -0.454 e. The van der Waals surface area contributed by atoms with E-state index in [1.807, 2.05) is 57.2 Å². The van der Waals surface area contributed by atoms with Gasteiger partial charge in [0.25, 0.3) is 5.56 Å². The maximum atomic E-state index is 13.1. The summed E-state index contributed by atoms with van der Waals surface area (Å²) in [6.45, 7) is 6.44. The normalized spacial score (nSPS) is 14.4. The van der Waals surface area contributed by atoms with E-state index in [1.54, 1.807) is 10.6 Å². The van der Waals surface area contributed by atoms with Crippen molar-refractivity contribution in [3.63, 3.8) is 0 Å². The Kier molecular flexibility index (Phi) is 6.18. The second-order valence-electron chi connectivity index (χ2n) is 7.51. The number of nitrogens with zero attached hydrogens (tertiary/aromatic N) is 2. The molecule has 0 unspecified atom stereocenters. The van der Waals surface area contributed by atoms with Crippen molar-refractivity contribution in [1.29, 1.82) is 0 Å². The highest BCUT2D eigenvalue weighted by Crippen LogP contribution is 2.32. The number of amides is 1. The van der Waals surface area contributed by atoms with Crippen LogP contribution in [0, 0.1) is 0 Å². The third kappa shape index (κ3) is 4.39. The highest BCUT2D eigenvalue weighted by Gasteiger charge is 2.21. The number of para-hydroxylation sites is 1. The fraction of sp³-hybridized carbons (Fsp3) is 0.348. The molecule has 0 aliphatic carbocycles. The van der Waals surface area contributed by atoms with Crippen LogP contribution in [0.15, 0.2) is 52.4 Å². The number of hydrogen-bond donors (Lipinski definition) is 1. The van der Waals surface area contributed by atoms with Crippen LogP contribution in [-0.4, -0.2) is 27.5 Å². The summed E-state index contributed by atoms with van der Waals surface area (Å²) in [5.41, 5.74) is 1.49. The number of benzene rings is 2. The lowest BCUT2D eigenvalue weighted by molar-refractivity contribution is -0.120. The topological polar surface area (TPSA) is 82.5 Å². The summed E-state index contributed by atoms with van der Waals surface area (Å²) in [5, 5.41) is 3.68. The maximum Gasteiger partial charge on any atom is 0.262 e. The van der Waals surface area contributed by atoms with E-state index in [0.717, 1.165) is 12.0 Å². The molecular formula is C23H25N3O4S. The first kappa shape index (κ1) is 21.2. The van der Waals surface area contributed by atoms with Gasteiger partial charge in [-0.3, -0.25) is 14.2 Å². The zero-order valence-electron chi connectivity index (χ0n) is 17.8. The Bertz CT molecular complexity index is 1180. The van der Waals surface area contributed by atoms with Gasteiger partial charge in [0, 0.05) is 12.6 Å². The van der Waals surface area contributed by atoms with Crippen LogP contribution in [0.3, 0.4) is 0 Å².